The van der Waals surface area contributed by atoms with Crippen LogP contribution in [0, 0.1) is 0 Å². The van der Waals surface area contributed by atoms with Gasteiger partial charge in [-0.05, 0) is 31.0 Å². The predicted molar refractivity (Wildman–Crippen MR) is 118 cm³/mol. The molecule has 1 aliphatic heterocycles. The maximum Gasteiger partial charge on any atom is 0.282 e. The molecule has 1 amide bonds. The molecular weight excluding hydrogens is 442 g/mol. The van der Waals surface area contributed by atoms with Crippen LogP contribution in [0.25, 0.3) is 11.2 Å². The molecule has 0 bridgehead atoms. The SMILES string of the molecule is COc1ccc(Cl)cc1NC(=O)CSc1nc2nccnc2c(=O)n1CC1CCCO1. The van der Waals surface area contributed by atoms with E-state index in [1.807, 2.05) is 0 Å². The number of carbonyl (C=O) groups excluding carboxylic acids is 1. The smallest absolute Gasteiger partial charge is 0.282 e. The number of thioether (sulfide) groups is 1. The number of nitrogens with one attached hydrogen (secondary N) is 1. The summed E-state index contributed by atoms with van der Waals surface area (Å²) in [5.41, 5.74) is 0.608. The van der Waals surface area contributed by atoms with Crippen molar-refractivity contribution < 1.29 is 14.3 Å². The first kappa shape index (κ1) is 21.5. The molecule has 1 N–H and O–H groups in total. The van der Waals surface area contributed by atoms with Gasteiger partial charge in [-0.15, -0.1) is 0 Å². The first-order valence-electron chi connectivity index (χ1n) is 9.64. The van der Waals surface area contributed by atoms with E-state index in [0.29, 0.717) is 34.8 Å². The maximum atomic E-state index is 13.0. The molecule has 1 aliphatic rings. The third-order valence-corrected chi connectivity index (χ3v) is 5.95. The number of hydrogen-bond acceptors (Lipinski definition) is 8. The minimum absolute atomic E-state index is 0.0272. The standard InChI is InChI=1S/C20H20ClN5O4S/c1-29-15-5-4-12(21)9-14(15)24-16(27)11-31-20-25-18-17(22-6-7-23-18)19(28)26(20)10-13-3-2-8-30-13/h4-7,9,13H,2-3,8,10-11H2,1H3,(H,24,27). The molecule has 4 rings (SSSR count). The van der Waals surface area contributed by atoms with Crippen molar-refractivity contribution in [3.05, 3.63) is 46.0 Å². The second-order valence-electron chi connectivity index (χ2n) is 6.86. The van der Waals surface area contributed by atoms with Gasteiger partial charge in [-0.1, -0.05) is 23.4 Å². The number of carbonyl (C=O) groups is 1. The molecule has 1 saturated heterocycles. The zero-order valence-corrected chi connectivity index (χ0v) is 18.3. The summed E-state index contributed by atoms with van der Waals surface area (Å²) in [6, 6.07) is 4.96. The van der Waals surface area contributed by atoms with Crippen molar-refractivity contribution >= 4 is 46.1 Å². The van der Waals surface area contributed by atoms with Crippen LogP contribution in [-0.4, -0.2) is 51.0 Å². The van der Waals surface area contributed by atoms with E-state index in [1.165, 1.54) is 24.1 Å². The molecule has 3 aromatic rings. The highest BCUT2D eigenvalue weighted by molar-refractivity contribution is 7.99. The lowest BCUT2D eigenvalue weighted by Gasteiger charge is -2.16. The van der Waals surface area contributed by atoms with Gasteiger partial charge >= 0.3 is 0 Å². The number of ether oxygens (including phenoxy) is 2. The van der Waals surface area contributed by atoms with Gasteiger partial charge in [0.2, 0.25) is 5.91 Å². The number of nitrogens with zero attached hydrogens (tertiary/aromatic N) is 4. The van der Waals surface area contributed by atoms with Crippen LogP contribution < -0.4 is 15.6 Å². The average molecular weight is 462 g/mol. The number of fused-ring (bicyclic) bond motifs is 1. The molecule has 2 aromatic heterocycles. The number of aromatic nitrogens is 4. The molecule has 1 fully saturated rings. The summed E-state index contributed by atoms with van der Waals surface area (Å²) in [6.45, 7) is 1.02. The molecule has 1 unspecified atom stereocenters. The number of rotatable bonds is 7. The Morgan fingerprint density at radius 2 is 2.23 bits per heavy atom. The molecule has 31 heavy (non-hydrogen) atoms. The average Bonchev–Trinajstić information content (AvgIpc) is 3.28. The van der Waals surface area contributed by atoms with E-state index in [2.05, 4.69) is 20.3 Å². The Kier molecular flexibility index (Phi) is 6.69. The first-order chi connectivity index (χ1) is 15.0. The molecule has 1 aromatic carbocycles. The normalized spacial score (nSPS) is 15.9. The van der Waals surface area contributed by atoms with E-state index in [-0.39, 0.29) is 34.5 Å². The highest BCUT2D eigenvalue weighted by Gasteiger charge is 2.21. The van der Waals surface area contributed by atoms with Gasteiger partial charge in [-0.2, -0.15) is 0 Å². The van der Waals surface area contributed by atoms with Gasteiger partial charge in [-0.25, -0.2) is 15.0 Å². The number of anilines is 1. The second-order valence-corrected chi connectivity index (χ2v) is 8.23. The van der Waals surface area contributed by atoms with Gasteiger partial charge in [0.15, 0.2) is 16.3 Å². The van der Waals surface area contributed by atoms with E-state index >= 15 is 0 Å². The van der Waals surface area contributed by atoms with Crippen molar-refractivity contribution in [2.45, 2.75) is 30.6 Å². The fourth-order valence-corrected chi connectivity index (χ4v) is 4.26. The number of amides is 1. The zero-order chi connectivity index (χ0) is 21.8. The van der Waals surface area contributed by atoms with E-state index in [0.717, 1.165) is 24.6 Å². The Bertz CT molecular complexity index is 1170. The van der Waals surface area contributed by atoms with Gasteiger partial charge in [0, 0.05) is 24.0 Å². The Labute approximate surface area is 187 Å². The minimum atomic E-state index is -0.298. The predicted octanol–water partition coefficient (Wildman–Crippen LogP) is 2.76. The number of halogens is 1. The molecule has 0 spiro atoms. The maximum absolute atomic E-state index is 13.0. The minimum Gasteiger partial charge on any atom is -0.495 e. The molecule has 9 nitrogen and oxygen atoms in total. The summed E-state index contributed by atoms with van der Waals surface area (Å²) in [5.74, 6) is 0.235. The molecule has 3 heterocycles. The number of hydrogen-bond donors (Lipinski definition) is 1. The fourth-order valence-electron chi connectivity index (χ4n) is 3.29. The Morgan fingerprint density at radius 3 is 3.00 bits per heavy atom. The lowest BCUT2D eigenvalue weighted by molar-refractivity contribution is -0.113. The van der Waals surface area contributed by atoms with Crippen LogP contribution in [-0.2, 0) is 16.1 Å². The topological polar surface area (TPSA) is 108 Å². The Morgan fingerprint density at radius 1 is 1.39 bits per heavy atom. The van der Waals surface area contributed by atoms with Gasteiger partial charge in [0.05, 0.1) is 31.2 Å². The zero-order valence-electron chi connectivity index (χ0n) is 16.7. The fraction of sp³-hybridized carbons (Fsp3) is 0.350. The van der Waals surface area contributed by atoms with E-state index in [9.17, 15) is 9.59 Å². The molecule has 0 radical (unpaired) electrons. The second kappa shape index (κ2) is 9.63. The van der Waals surface area contributed by atoms with Crippen molar-refractivity contribution in [2.75, 3.05) is 24.8 Å². The molecule has 0 saturated carbocycles. The molecule has 11 heteroatoms. The van der Waals surface area contributed by atoms with Crippen LogP contribution >= 0.6 is 23.4 Å². The monoisotopic (exact) mass is 461 g/mol. The first-order valence-corrected chi connectivity index (χ1v) is 11.0. The highest BCUT2D eigenvalue weighted by Crippen LogP contribution is 2.28. The van der Waals surface area contributed by atoms with Gasteiger partial charge in [-0.3, -0.25) is 14.2 Å². The highest BCUT2D eigenvalue weighted by atomic mass is 35.5. The Balaban J connectivity index is 1.56. The lowest BCUT2D eigenvalue weighted by Crippen LogP contribution is -2.30. The van der Waals surface area contributed by atoms with E-state index < -0.39 is 0 Å². The van der Waals surface area contributed by atoms with E-state index in [1.54, 1.807) is 18.2 Å². The Hall–Kier alpha value is -2.69. The summed E-state index contributed by atoms with van der Waals surface area (Å²) >= 11 is 7.17. The quantitative estimate of drug-likeness (QED) is 0.422. The van der Waals surface area contributed by atoms with Crippen LogP contribution in [0.4, 0.5) is 5.69 Å². The van der Waals surface area contributed by atoms with Gasteiger partial charge < -0.3 is 14.8 Å². The third-order valence-electron chi connectivity index (χ3n) is 4.74. The van der Waals surface area contributed by atoms with Gasteiger partial charge in [0.25, 0.3) is 5.56 Å². The van der Waals surface area contributed by atoms with Crippen LogP contribution in [0.5, 0.6) is 5.75 Å². The van der Waals surface area contributed by atoms with Gasteiger partial charge in [0.1, 0.15) is 5.75 Å². The van der Waals surface area contributed by atoms with Crippen molar-refractivity contribution in [1.82, 2.24) is 19.5 Å². The van der Waals surface area contributed by atoms with Crippen LogP contribution in [0.1, 0.15) is 12.8 Å². The third kappa shape index (κ3) is 4.97. The summed E-state index contributed by atoms with van der Waals surface area (Å²) in [4.78, 5) is 38.3. The van der Waals surface area contributed by atoms with Crippen LogP contribution in [0.2, 0.25) is 5.02 Å². The summed E-state index contributed by atoms with van der Waals surface area (Å²) < 4.78 is 12.5. The van der Waals surface area contributed by atoms with Crippen molar-refractivity contribution in [2.24, 2.45) is 0 Å². The summed E-state index contributed by atoms with van der Waals surface area (Å²) in [7, 11) is 1.51. The lowest BCUT2D eigenvalue weighted by atomic mass is 10.2. The number of methoxy groups -OCH3 is 1. The summed E-state index contributed by atoms with van der Waals surface area (Å²) in [5, 5.41) is 3.65. The van der Waals surface area contributed by atoms with Crippen molar-refractivity contribution in [3.8, 4) is 5.75 Å². The van der Waals surface area contributed by atoms with Crippen LogP contribution in [0.15, 0.2) is 40.5 Å². The molecular formula is C20H20ClN5O4S. The summed E-state index contributed by atoms with van der Waals surface area (Å²) in [6.07, 6.45) is 4.68. The number of benzene rings is 1. The van der Waals surface area contributed by atoms with Crippen LogP contribution in [0.3, 0.4) is 0 Å². The van der Waals surface area contributed by atoms with Crippen molar-refractivity contribution in [1.29, 1.82) is 0 Å². The molecule has 0 aliphatic carbocycles. The molecule has 1 atom stereocenters. The van der Waals surface area contributed by atoms with Crippen molar-refractivity contribution in [3.63, 3.8) is 0 Å². The van der Waals surface area contributed by atoms with E-state index in [4.69, 9.17) is 21.1 Å². The largest absolute Gasteiger partial charge is 0.495 e. The molecule has 162 valence electrons.